The molecule has 21 heavy (non-hydrogen) atoms. The lowest BCUT2D eigenvalue weighted by Crippen LogP contribution is -2.09. The fraction of sp³-hybridized carbons (Fsp3) is 0.0714. The molecule has 108 valence electrons. The first-order valence-electron chi connectivity index (χ1n) is 5.81. The minimum atomic E-state index is -0.770. The molecule has 0 atom stereocenters. The molecular formula is C14H10FNO5. The number of methoxy groups -OCH3 is 1. The van der Waals surface area contributed by atoms with Crippen LogP contribution < -0.4 is 9.47 Å². The van der Waals surface area contributed by atoms with E-state index in [-0.39, 0.29) is 22.7 Å². The third kappa shape index (κ3) is 3.33. The molecule has 2 rings (SSSR count). The first-order valence-corrected chi connectivity index (χ1v) is 5.81. The summed E-state index contributed by atoms with van der Waals surface area (Å²) in [5.74, 6) is -1.16. The van der Waals surface area contributed by atoms with E-state index in [1.165, 1.54) is 31.4 Å². The Morgan fingerprint density at radius 3 is 2.38 bits per heavy atom. The molecule has 0 aliphatic carbocycles. The van der Waals surface area contributed by atoms with Crippen molar-refractivity contribution in [3.63, 3.8) is 0 Å². The number of nitrogens with zero attached hydrogens (tertiary/aromatic N) is 1. The third-order valence-electron chi connectivity index (χ3n) is 2.64. The molecular weight excluding hydrogens is 281 g/mol. The summed E-state index contributed by atoms with van der Waals surface area (Å²) in [5, 5.41) is 10.7. The number of hydrogen-bond donors (Lipinski definition) is 0. The Hall–Kier alpha value is -2.96. The Labute approximate surface area is 118 Å². The number of esters is 1. The van der Waals surface area contributed by atoms with Crippen LogP contribution in [0.25, 0.3) is 0 Å². The Kier molecular flexibility index (Phi) is 4.13. The lowest BCUT2D eigenvalue weighted by atomic mass is 10.2. The van der Waals surface area contributed by atoms with E-state index in [0.29, 0.717) is 0 Å². The SMILES string of the molecule is COc1ccc([N+](=O)[O-])cc1OC(=O)c1ccc(F)cc1. The van der Waals surface area contributed by atoms with Gasteiger partial charge < -0.3 is 9.47 Å². The topological polar surface area (TPSA) is 78.7 Å². The molecule has 0 aromatic heterocycles. The predicted molar refractivity (Wildman–Crippen MR) is 71.0 cm³/mol. The number of carbonyl (C=O) groups excluding carboxylic acids is 1. The van der Waals surface area contributed by atoms with Gasteiger partial charge in [0, 0.05) is 6.07 Å². The Balaban J connectivity index is 2.29. The molecule has 0 heterocycles. The van der Waals surface area contributed by atoms with Gasteiger partial charge in [-0.15, -0.1) is 0 Å². The van der Waals surface area contributed by atoms with Gasteiger partial charge in [-0.3, -0.25) is 10.1 Å². The summed E-state index contributed by atoms with van der Waals surface area (Å²) >= 11 is 0. The van der Waals surface area contributed by atoms with Gasteiger partial charge in [0.15, 0.2) is 11.5 Å². The predicted octanol–water partition coefficient (Wildman–Crippen LogP) is 2.96. The largest absolute Gasteiger partial charge is 0.493 e. The van der Waals surface area contributed by atoms with Crippen molar-refractivity contribution in [2.75, 3.05) is 7.11 Å². The van der Waals surface area contributed by atoms with E-state index in [2.05, 4.69) is 0 Å². The minimum absolute atomic E-state index is 0.0824. The molecule has 0 aliphatic rings. The number of carbonyl (C=O) groups is 1. The standard InChI is InChI=1S/C14H10FNO5/c1-20-12-7-6-11(16(18)19)8-13(12)21-14(17)9-2-4-10(15)5-3-9/h2-8H,1H3. The number of nitro benzene ring substituents is 1. The summed E-state index contributed by atoms with van der Waals surface area (Å²) < 4.78 is 22.8. The van der Waals surface area contributed by atoms with Crippen LogP contribution in [0, 0.1) is 15.9 Å². The molecule has 0 saturated carbocycles. The van der Waals surface area contributed by atoms with E-state index in [0.717, 1.165) is 18.2 Å². The monoisotopic (exact) mass is 291 g/mol. The van der Waals surface area contributed by atoms with E-state index in [1.54, 1.807) is 0 Å². The molecule has 0 aliphatic heterocycles. The Morgan fingerprint density at radius 2 is 1.81 bits per heavy atom. The van der Waals surface area contributed by atoms with Gasteiger partial charge in [-0.05, 0) is 30.3 Å². The molecule has 0 radical (unpaired) electrons. The number of ether oxygens (including phenoxy) is 2. The minimum Gasteiger partial charge on any atom is -0.493 e. The van der Waals surface area contributed by atoms with Crippen LogP contribution in [-0.2, 0) is 0 Å². The van der Waals surface area contributed by atoms with Crippen LogP contribution in [0.5, 0.6) is 11.5 Å². The van der Waals surface area contributed by atoms with Gasteiger partial charge in [0.05, 0.1) is 23.7 Å². The van der Waals surface area contributed by atoms with Crippen molar-refractivity contribution in [2.45, 2.75) is 0 Å². The molecule has 0 spiro atoms. The molecule has 0 unspecified atom stereocenters. The van der Waals surface area contributed by atoms with Crippen molar-refractivity contribution < 1.29 is 23.6 Å². The van der Waals surface area contributed by atoms with Crippen molar-refractivity contribution >= 4 is 11.7 Å². The highest BCUT2D eigenvalue weighted by molar-refractivity contribution is 5.91. The normalized spacial score (nSPS) is 10.0. The fourth-order valence-electron chi connectivity index (χ4n) is 1.60. The number of halogens is 1. The zero-order chi connectivity index (χ0) is 15.4. The van der Waals surface area contributed by atoms with E-state index >= 15 is 0 Å². The number of benzene rings is 2. The van der Waals surface area contributed by atoms with Crippen LogP contribution in [0.15, 0.2) is 42.5 Å². The van der Waals surface area contributed by atoms with E-state index in [1.807, 2.05) is 0 Å². The number of non-ortho nitro benzene ring substituents is 1. The van der Waals surface area contributed by atoms with Crippen LogP contribution >= 0.6 is 0 Å². The molecule has 7 heteroatoms. The molecule has 2 aromatic rings. The van der Waals surface area contributed by atoms with Gasteiger partial charge in [0.25, 0.3) is 5.69 Å². The number of hydrogen-bond acceptors (Lipinski definition) is 5. The maximum absolute atomic E-state index is 12.8. The van der Waals surface area contributed by atoms with Crippen molar-refractivity contribution in [1.29, 1.82) is 0 Å². The van der Waals surface area contributed by atoms with Crippen molar-refractivity contribution in [3.05, 3.63) is 64.0 Å². The maximum Gasteiger partial charge on any atom is 0.343 e. The molecule has 0 amide bonds. The maximum atomic E-state index is 12.8. The van der Waals surface area contributed by atoms with Crippen molar-refractivity contribution in [3.8, 4) is 11.5 Å². The summed E-state index contributed by atoms with van der Waals surface area (Å²) in [5.41, 5.74) is -0.123. The Morgan fingerprint density at radius 1 is 1.14 bits per heavy atom. The highest BCUT2D eigenvalue weighted by Gasteiger charge is 2.16. The van der Waals surface area contributed by atoms with Crippen LogP contribution in [-0.4, -0.2) is 18.0 Å². The summed E-state index contributed by atoms with van der Waals surface area (Å²) in [7, 11) is 1.34. The highest BCUT2D eigenvalue weighted by atomic mass is 19.1. The van der Waals surface area contributed by atoms with Gasteiger partial charge in [-0.1, -0.05) is 0 Å². The summed E-state index contributed by atoms with van der Waals surface area (Å²) in [6.45, 7) is 0. The van der Waals surface area contributed by atoms with Crippen LogP contribution in [0.2, 0.25) is 0 Å². The average molecular weight is 291 g/mol. The van der Waals surface area contributed by atoms with Crippen LogP contribution in [0.4, 0.5) is 10.1 Å². The average Bonchev–Trinajstić information content (AvgIpc) is 2.47. The molecule has 6 nitrogen and oxygen atoms in total. The lowest BCUT2D eigenvalue weighted by molar-refractivity contribution is -0.384. The van der Waals surface area contributed by atoms with Gasteiger partial charge in [-0.2, -0.15) is 0 Å². The van der Waals surface area contributed by atoms with E-state index < -0.39 is 16.7 Å². The molecule has 0 fully saturated rings. The summed E-state index contributed by atoms with van der Waals surface area (Å²) in [4.78, 5) is 22.0. The number of nitro groups is 1. The summed E-state index contributed by atoms with van der Waals surface area (Å²) in [6, 6.07) is 8.37. The second kappa shape index (κ2) is 6.00. The quantitative estimate of drug-likeness (QED) is 0.374. The summed E-state index contributed by atoms with van der Waals surface area (Å²) in [6.07, 6.45) is 0. The van der Waals surface area contributed by atoms with Gasteiger partial charge in [-0.25, -0.2) is 9.18 Å². The van der Waals surface area contributed by atoms with Crippen molar-refractivity contribution in [2.24, 2.45) is 0 Å². The molecule has 0 N–H and O–H groups in total. The zero-order valence-corrected chi connectivity index (χ0v) is 10.9. The highest BCUT2D eigenvalue weighted by Crippen LogP contribution is 2.31. The fourth-order valence-corrected chi connectivity index (χ4v) is 1.60. The van der Waals surface area contributed by atoms with E-state index in [9.17, 15) is 19.3 Å². The number of rotatable bonds is 4. The van der Waals surface area contributed by atoms with E-state index in [4.69, 9.17) is 9.47 Å². The lowest BCUT2D eigenvalue weighted by Gasteiger charge is -2.08. The van der Waals surface area contributed by atoms with Gasteiger partial charge in [0.1, 0.15) is 5.82 Å². The van der Waals surface area contributed by atoms with Gasteiger partial charge >= 0.3 is 5.97 Å². The first kappa shape index (κ1) is 14.4. The Bertz CT molecular complexity index is 684. The molecule has 0 saturated heterocycles. The van der Waals surface area contributed by atoms with Crippen molar-refractivity contribution in [1.82, 2.24) is 0 Å². The second-order valence-electron chi connectivity index (χ2n) is 3.99. The second-order valence-corrected chi connectivity index (χ2v) is 3.99. The third-order valence-corrected chi connectivity index (χ3v) is 2.64. The van der Waals surface area contributed by atoms with Crippen LogP contribution in [0.1, 0.15) is 10.4 Å². The van der Waals surface area contributed by atoms with Gasteiger partial charge in [0.2, 0.25) is 0 Å². The van der Waals surface area contributed by atoms with Crippen LogP contribution in [0.3, 0.4) is 0 Å². The zero-order valence-electron chi connectivity index (χ0n) is 10.9. The first-order chi connectivity index (χ1) is 10.0. The molecule has 2 aromatic carbocycles. The molecule has 0 bridgehead atoms. The smallest absolute Gasteiger partial charge is 0.343 e.